The van der Waals surface area contributed by atoms with Crippen molar-refractivity contribution in [2.75, 3.05) is 12.8 Å². The summed E-state index contributed by atoms with van der Waals surface area (Å²) in [6.07, 6.45) is 5.58. The van der Waals surface area contributed by atoms with Crippen LogP contribution in [0.15, 0.2) is 0 Å². The molecule has 0 fully saturated rings. The van der Waals surface area contributed by atoms with E-state index in [1.807, 2.05) is 20.8 Å². The molecular formula is C15H31O5P. The van der Waals surface area contributed by atoms with Gasteiger partial charge < -0.3 is 14.5 Å². The number of rotatable bonds is 12. The Labute approximate surface area is 128 Å². The van der Waals surface area contributed by atoms with Crippen LogP contribution in [0.2, 0.25) is 0 Å². The van der Waals surface area contributed by atoms with Crippen LogP contribution in [0, 0.1) is 5.41 Å². The van der Waals surface area contributed by atoms with Gasteiger partial charge in [-0.05, 0) is 19.3 Å². The SMILES string of the molecule is CCCCOC(=O)C(CCCC)(CCCC)CP(=O)(O)O. The van der Waals surface area contributed by atoms with Crippen molar-refractivity contribution in [3.63, 3.8) is 0 Å². The lowest BCUT2D eigenvalue weighted by molar-refractivity contribution is -0.156. The number of esters is 1. The molecule has 0 unspecified atom stereocenters. The van der Waals surface area contributed by atoms with Crippen LogP contribution in [-0.4, -0.2) is 28.5 Å². The molecule has 0 saturated carbocycles. The maximum absolute atomic E-state index is 12.5. The highest BCUT2D eigenvalue weighted by Gasteiger charge is 2.43. The average Bonchev–Trinajstić information content (AvgIpc) is 2.40. The standard InChI is InChI=1S/C15H31O5P/c1-4-7-10-15(11-8-5-2,13-21(17,18)19)14(16)20-12-9-6-3/h4-13H2,1-3H3,(H2,17,18,19). The summed E-state index contributed by atoms with van der Waals surface area (Å²) >= 11 is 0. The quantitative estimate of drug-likeness (QED) is 0.324. The van der Waals surface area contributed by atoms with E-state index < -0.39 is 25.1 Å². The van der Waals surface area contributed by atoms with E-state index >= 15 is 0 Å². The molecule has 0 aromatic rings. The van der Waals surface area contributed by atoms with Crippen molar-refractivity contribution < 1.29 is 23.9 Å². The molecule has 0 spiro atoms. The van der Waals surface area contributed by atoms with E-state index in [9.17, 15) is 19.1 Å². The summed E-state index contributed by atoms with van der Waals surface area (Å²) in [5, 5.41) is 0. The monoisotopic (exact) mass is 322 g/mol. The normalized spacial score (nSPS) is 12.4. The molecule has 0 aromatic heterocycles. The Hall–Kier alpha value is -0.380. The highest BCUT2D eigenvalue weighted by atomic mass is 31.2. The van der Waals surface area contributed by atoms with Crippen molar-refractivity contribution in [1.29, 1.82) is 0 Å². The maximum atomic E-state index is 12.5. The van der Waals surface area contributed by atoms with E-state index in [1.165, 1.54) is 0 Å². The third-order valence-electron chi connectivity index (χ3n) is 3.69. The molecule has 0 aliphatic heterocycles. The Balaban J connectivity index is 5.11. The van der Waals surface area contributed by atoms with Gasteiger partial charge in [-0.15, -0.1) is 0 Å². The van der Waals surface area contributed by atoms with Gasteiger partial charge in [-0.2, -0.15) is 0 Å². The number of carbonyl (C=O) groups excluding carboxylic acids is 1. The first-order chi connectivity index (χ1) is 9.81. The van der Waals surface area contributed by atoms with Gasteiger partial charge in [-0.1, -0.05) is 52.9 Å². The maximum Gasteiger partial charge on any atom is 0.326 e. The van der Waals surface area contributed by atoms with Crippen LogP contribution in [-0.2, 0) is 14.1 Å². The number of ether oxygens (including phenoxy) is 1. The zero-order chi connectivity index (χ0) is 16.4. The highest BCUT2D eigenvalue weighted by molar-refractivity contribution is 7.51. The summed E-state index contributed by atoms with van der Waals surface area (Å²) in [5.41, 5.74) is -1.03. The third kappa shape index (κ3) is 8.60. The molecular weight excluding hydrogens is 291 g/mol. The minimum Gasteiger partial charge on any atom is -0.465 e. The topological polar surface area (TPSA) is 83.8 Å². The van der Waals surface area contributed by atoms with Gasteiger partial charge in [-0.25, -0.2) is 0 Å². The van der Waals surface area contributed by atoms with Gasteiger partial charge in [0.1, 0.15) is 0 Å². The third-order valence-corrected chi connectivity index (χ3v) is 4.71. The van der Waals surface area contributed by atoms with Crippen LogP contribution in [0.1, 0.15) is 72.1 Å². The van der Waals surface area contributed by atoms with Gasteiger partial charge in [0.15, 0.2) is 0 Å². The van der Waals surface area contributed by atoms with Gasteiger partial charge in [0.25, 0.3) is 0 Å². The molecule has 2 N–H and O–H groups in total. The molecule has 0 aromatic carbocycles. The summed E-state index contributed by atoms with van der Waals surface area (Å²) < 4.78 is 16.8. The van der Waals surface area contributed by atoms with Crippen LogP contribution >= 0.6 is 7.60 Å². The largest absolute Gasteiger partial charge is 0.465 e. The fourth-order valence-corrected chi connectivity index (χ4v) is 3.67. The molecule has 21 heavy (non-hydrogen) atoms. The average molecular weight is 322 g/mol. The minimum atomic E-state index is -4.26. The van der Waals surface area contributed by atoms with Crippen LogP contribution in [0.3, 0.4) is 0 Å². The van der Waals surface area contributed by atoms with Crippen molar-refractivity contribution in [1.82, 2.24) is 0 Å². The molecule has 0 aliphatic carbocycles. The predicted octanol–water partition coefficient (Wildman–Crippen LogP) is 3.87. The zero-order valence-electron chi connectivity index (χ0n) is 13.6. The Morgan fingerprint density at radius 2 is 1.48 bits per heavy atom. The number of unbranched alkanes of at least 4 members (excludes halogenated alkanes) is 3. The van der Waals surface area contributed by atoms with Gasteiger partial charge >= 0.3 is 13.6 Å². The smallest absolute Gasteiger partial charge is 0.326 e. The van der Waals surface area contributed by atoms with Crippen molar-refractivity contribution in [3.05, 3.63) is 0 Å². The number of hydrogen-bond donors (Lipinski definition) is 2. The Kier molecular flexibility index (Phi) is 10.2. The van der Waals surface area contributed by atoms with E-state index in [0.717, 1.165) is 38.5 Å². The lowest BCUT2D eigenvalue weighted by Gasteiger charge is -2.32. The van der Waals surface area contributed by atoms with Gasteiger partial charge in [-0.3, -0.25) is 9.36 Å². The van der Waals surface area contributed by atoms with E-state index in [0.29, 0.717) is 19.4 Å². The first kappa shape index (κ1) is 20.6. The summed E-state index contributed by atoms with van der Waals surface area (Å²) in [7, 11) is -4.26. The molecule has 0 aliphatic rings. The second-order valence-electron chi connectivity index (χ2n) is 5.80. The molecule has 6 heteroatoms. The minimum absolute atomic E-state index is 0.330. The molecule has 126 valence electrons. The number of carbonyl (C=O) groups is 1. The van der Waals surface area contributed by atoms with Gasteiger partial charge in [0.05, 0.1) is 18.2 Å². The van der Waals surface area contributed by atoms with Crippen molar-refractivity contribution in [2.24, 2.45) is 5.41 Å². The van der Waals surface area contributed by atoms with Crippen LogP contribution < -0.4 is 0 Å². The summed E-state index contributed by atoms with van der Waals surface area (Å²) in [6, 6.07) is 0. The summed E-state index contributed by atoms with van der Waals surface area (Å²) in [5.74, 6) is -0.429. The lowest BCUT2D eigenvalue weighted by Crippen LogP contribution is -2.37. The fourth-order valence-electron chi connectivity index (χ4n) is 2.44. The fraction of sp³-hybridized carbons (Fsp3) is 0.933. The van der Waals surface area contributed by atoms with Crippen LogP contribution in [0.25, 0.3) is 0 Å². The molecule has 0 radical (unpaired) electrons. The summed E-state index contributed by atoms with van der Waals surface area (Å²) in [4.78, 5) is 31.2. The van der Waals surface area contributed by atoms with E-state index in [-0.39, 0.29) is 0 Å². The first-order valence-electron chi connectivity index (χ1n) is 8.03. The number of hydrogen-bond acceptors (Lipinski definition) is 3. The lowest BCUT2D eigenvalue weighted by atomic mass is 9.80. The molecule has 0 rings (SSSR count). The highest BCUT2D eigenvalue weighted by Crippen LogP contribution is 2.47. The van der Waals surface area contributed by atoms with Crippen LogP contribution in [0.4, 0.5) is 0 Å². The molecule has 0 heterocycles. The first-order valence-corrected chi connectivity index (χ1v) is 9.83. The molecule has 0 bridgehead atoms. The Morgan fingerprint density at radius 1 is 1.00 bits per heavy atom. The molecule has 0 atom stereocenters. The summed E-state index contributed by atoms with van der Waals surface area (Å²) in [6.45, 7) is 6.34. The van der Waals surface area contributed by atoms with Crippen molar-refractivity contribution in [2.45, 2.75) is 72.1 Å². The molecule has 0 amide bonds. The Morgan fingerprint density at radius 3 is 1.86 bits per heavy atom. The van der Waals surface area contributed by atoms with Crippen molar-refractivity contribution >= 4 is 13.6 Å². The second kappa shape index (κ2) is 10.4. The van der Waals surface area contributed by atoms with E-state index in [2.05, 4.69) is 0 Å². The Bertz CT molecular complexity index is 329. The van der Waals surface area contributed by atoms with Crippen molar-refractivity contribution in [3.8, 4) is 0 Å². The molecule has 0 saturated heterocycles. The predicted molar refractivity (Wildman–Crippen MR) is 84.3 cm³/mol. The second-order valence-corrected chi connectivity index (χ2v) is 7.45. The molecule has 5 nitrogen and oxygen atoms in total. The van der Waals surface area contributed by atoms with E-state index in [4.69, 9.17) is 4.74 Å². The van der Waals surface area contributed by atoms with Crippen LogP contribution in [0.5, 0.6) is 0 Å². The van der Waals surface area contributed by atoms with Gasteiger partial charge in [0.2, 0.25) is 0 Å². The van der Waals surface area contributed by atoms with Gasteiger partial charge in [0, 0.05) is 0 Å². The zero-order valence-corrected chi connectivity index (χ0v) is 14.5. The van der Waals surface area contributed by atoms with E-state index in [1.54, 1.807) is 0 Å².